The molecule has 1 aromatic carbocycles. The Kier molecular flexibility index (Phi) is 12.7. The van der Waals surface area contributed by atoms with Crippen LogP contribution in [-0.4, -0.2) is 35.2 Å². The standard InChI is InChI=1S/C17H31NO3Si.ClH/c1-5-19-22(20-6-2,21-7-3)14-8-13-18-15-17-11-9-16(4)10-12-17;/h9-12,18H,5-8,13-15H2,1-4H3;1H. The molecule has 1 rings (SSSR count). The van der Waals surface area contributed by atoms with E-state index in [0.29, 0.717) is 19.8 Å². The number of aryl methyl sites for hydroxylation is 1. The first-order chi connectivity index (χ1) is 10.7. The van der Waals surface area contributed by atoms with E-state index in [1.807, 2.05) is 20.8 Å². The summed E-state index contributed by atoms with van der Waals surface area (Å²) in [5.74, 6) is 0. The topological polar surface area (TPSA) is 39.7 Å². The Balaban J connectivity index is 0.00000484. The second-order valence-corrected chi connectivity index (χ2v) is 7.98. The molecule has 134 valence electrons. The normalized spacial score (nSPS) is 11.3. The highest BCUT2D eigenvalue weighted by Crippen LogP contribution is 2.17. The number of halogens is 1. The van der Waals surface area contributed by atoms with Crippen LogP contribution in [0, 0.1) is 6.92 Å². The lowest BCUT2D eigenvalue weighted by molar-refractivity contribution is 0.0708. The molecular weight excluding hydrogens is 330 g/mol. The van der Waals surface area contributed by atoms with Crippen molar-refractivity contribution >= 4 is 21.2 Å². The second kappa shape index (κ2) is 12.9. The van der Waals surface area contributed by atoms with Gasteiger partial charge in [-0.05, 0) is 46.2 Å². The summed E-state index contributed by atoms with van der Waals surface area (Å²) < 4.78 is 17.6. The quantitative estimate of drug-likeness (QED) is 0.452. The summed E-state index contributed by atoms with van der Waals surface area (Å²) in [6, 6.07) is 9.50. The minimum atomic E-state index is -2.47. The lowest BCUT2D eigenvalue weighted by Crippen LogP contribution is -2.46. The van der Waals surface area contributed by atoms with Gasteiger partial charge in [0.1, 0.15) is 0 Å². The van der Waals surface area contributed by atoms with Crippen molar-refractivity contribution in [1.82, 2.24) is 5.32 Å². The Bertz CT molecular complexity index is 386. The van der Waals surface area contributed by atoms with E-state index < -0.39 is 8.80 Å². The lowest BCUT2D eigenvalue weighted by Gasteiger charge is -2.28. The molecular formula is C17H32ClNO3Si. The van der Waals surface area contributed by atoms with Crippen molar-refractivity contribution in [2.45, 2.75) is 46.7 Å². The largest absolute Gasteiger partial charge is 0.500 e. The summed E-state index contributed by atoms with van der Waals surface area (Å²) in [6.07, 6.45) is 0.998. The van der Waals surface area contributed by atoms with Crippen LogP contribution in [0.5, 0.6) is 0 Å². The molecule has 1 N–H and O–H groups in total. The summed E-state index contributed by atoms with van der Waals surface area (Å²) >= 11 is 0. The van der Waals surface area contributed by atoms with E-state index in [0.717, 1.165) is 25.6 Å². The summed E-state index contributed by atoms with van der Waals surface area (Å²) in [4.78, 5) is 0. The van der Waals surface area contributed by atoms with Crippen LogP contribution in [0.1, 0.15) is 38.3 Å². The average molecular weight is 362 g/mol. The van der Waals surface area contributed by atoms with Gasteiger partial charge in [0.2, 0.25) is 0 Å². The first-order valence-corrected chi connectivity index (χ1v) is 10.3. The highest BCUT2D eigenvalue weighted by molar-refractivity contribution is 6.60. The van der Waals surface area contributed by atoms with Gasteiger partial charge in [-0.15, -0.1) is 12.4 Å². The van der Waals surface area contributed by atoms with Crippen LogP contribution in [0.3, 0.4) is 0 Å². The molecule has 0 fully saturated rings. The van der Waals surface area contributed by atoms with Crippen LogP contribution in [0.15, 0.2) is 24.3 Å². The second-order valence-electron chi connectivity index (χ2n) is 5.25. The zero-order valence-corrected chi connectivity index (χ0v) is 16.7. The lowest BCUT2D eigenvalue weighted by atomic mass is 10.1. The molecule has 0 atom stereocenters. The fourth-order valence-electron chi connectivity index (χ4n) is 2.37. The molecule has 0 heterocycles. The van der Waals surface area contributed by atoms with Crippen LogP contribution in [0.2, 0.25) is 6.04 Å². The van der Waals surface area contributed by atoms with Crippen molar-refractivity contribution in [3.8, 4) is 0 Å². The van der Waals surface area contributed by atoms with Gasteiger partial charge in [-0.2, -0.15) is 0 Å². The Morgan fingerprint density at radius 1 is 0.913 bits per heavy atom. The first kappa shape index (κ1) is 22.6. The Morgan fingerprint density at radius 3 is 1.91 bits per heavy atom. The summed E-state index contributed by atoms with van der Waals surface area (Å²) in [5.41, 5.74) is 2.61. The van der Waals surface area contributed by atoms with Crippen molar-refractivity contribution in [2.24, 2.45) is 0 Å². The van der Waals surface area contributed by atoms with Gasteiger partial charge in [-0.1, -0.05) is 29.8 Å². The average Bonchev–Trinajstić information content (AvgIpc) is 2.50. The minimum absolute atomic E-state index is 0. The zero-order chi connectivity index (χ0) is 16.3. The molecule has 0 aliphatic rings. The van der Waals surface area contributed by atoms with Crippen LogP contribution in [0.4, 0.5) is 0 Å². The van der Waals surface area contributed by atoms with Gasteiger partial charge in [0.25, 0.3) is 0 Å². The van der Waals surface area contributed by atoms with Crippen molar-refractivity contribution in [3.63, 3.8) is 0 Å². The van der Waals surface area contributed by atoms with E-state index in [1.165, 1.54) is 11.1 Å². The molecule has 4 nitrogen and oxygen atoms in total. The summed E-state index contributed by atoms with van der Waals surface area (Å²) in [7, 11) is -2.47. The van der Waals surface area contributed by atoms with Gasteiger partial charge in [0.15, 0.2) is 0 Å². The van der Waals surface area contributed by atoms with Crippen LogP contribution in [0.25, 0.3) is 0 Å². The molecule has 23 heavy (non-hydrogen) atoms. The number of rotatable bonds is 12. The predicted molar refractivity (Wildman–Crippen MR) is 100 cm³/mol. The Hall–Kier alpha value is -0.433. The highest BCUT2D eigenvalue weighted by Gasteiger charge is 2.39. The third-order valence-corrected chi connectivity index (χ3v) is 6.53. The molecule has 6 heteroatoms. The third-order valence-electron chi connectivity index (χ3n) is 3.38. The maximum absolute atomic E-state index is 5.86. The maximum atomic E-state index is 5.86. The van der Waals surface area contributed by atoms with E-state index in [9.17, 15) is 0 Å². The van der Waals surface area contributed by atoms with Crippen LogP contribution >= 0.6 is 12.4 Å². The maximum Gasteiger partial charge on any atom is 0.500 e. The minimum Gasteiger partial charge on any atom is -0.374 e. The van der Waals surface area contributed by atoms with Gasteiger partial charge in [-0.3, -0.25) is 0 Å². The van der Waals surface area contributed by atoms with Gasteiger partial charge in [0.05, 0.1) is 0 Å². The number of nitrogens with one attached hydrogen (secondary N) is 1. The number of benzene rings is 1. The van der Waals surface area contributed by atoms with E-state index in [1.54, 1.807) is 0 Å². The van der Waals surface area contributed by atoms with Gasteiger partial charge >= 0.3 is 8.80 Å². The van der Waals surface area contributed by atoms with Gasteiger partial charge < -0.3 is 18.6 Å². The molecule has 0 saturated heterocycles. The van der Waals surface area contributed by atoms with Crippen LogP contribution in [-0.2, 0) is 19.8 Å². The third kappa shape index (κ3) is 8.84. The molecule has 0 unspecified atom stereocenters. The van der Waals surface area contributed by atoms with E-state index in [2.05, 4.69) is 36.5 Å². The SMILES string of the molecule is CCO[Si](CCCNCc1ccc(C)cc1)(OCC)OCC.Cl. The monoisotopic (exact) mass is 361 g/mol. The molecule has 0 radical (unpaired) electrons. The molecule has 0 amide bonds. The molecule has 0 aromatic heterocycles. The van der Waals surface area contributed by atoms with Crippen molar-refractivity contribution < 1.29 is 13.3 Å². The van der Waals surface area contributed by atoms with Crippen LogP contribution < -0.4 is 5.32 Å². The smallest absolute Gasteiger partial charge is 0.374 e. The number of hydrogen-bond donors (Lipinski definition) is 1. The van der Waals surface area contributed by atoms with E-state index in [4.69, 9.17) is 13.3 Å². The molecule has 0 spiro atoms. The van der Waals surface area contributed by atoms with Crippen molar-refractivity contribution in [1.29, 1.82) is 0 Å². The Labute approximate surface area is 148 Å². The molecule has 0 aliphatic heterocycles. The predicted octanol–water partition coefficient (Wildman–Crippen LogP) is 3.94. The van der Waals surface area contributed by atoms with E-state index >= 15 is 0 Å². The fourth-order valence-corrected chi connectivity index (χ4v) is 4.98. The summed E-state index contributed by atoms with van der Waals surface area (Å²) in [5, 5.41) is 3.48. The van der Waals surface area contributed by atoms with E-state index in [-0.39, 0.29) is 12.4 Å². The van der Waals surface area contributed by atoms with Crippen molar-refractivity contribution in [3.05, 3.63) is 35.4 Å². The first-order valence-electron chi connectivity index (χ1n) is 8.34. The zero-order valence-electron chi connectivity index (χ0n) is 14.9. The molecule has 0 aliphatic carbocycles. The fraction of sp³-hybridized carbons (Fsp3) is 0.647. The van der Waals surface area contributed by atoms with Gasteiger partial charge in [0, 0.05) is 32.4 Å². The van der Waals surface area contributed by atoms with Crippen molar-refractivity contribution in [2.75, 3.05) is 26.4 Å². The number of hydrogen-bond acceptors (Lipinski definition) is 4. The van der Waals surface area contributed by atoms with Gasteiger partial charge in [-0.25, -0.2) is 0 Å². The highest BCUT2D eigenvalue weighted by atomic mass is 35.5. The molecule has 0 bridgehead atoms. The summed E-state index contributed by atoms with van der Waals surface area (Å²) in [6.45, 7) is 11.9. The molecule has 1 aromatic rings. The Morgan fingerprint density at radius 2 is 1.43 bits per heavy atom. The molecule has 0 saturated carbocycles.